The number of halogens is 2. The van der Waals surface area contributed by atoms with Crippen LogP contribution in [0.5, 0.6) is 5.75 Å². The lowest BCUT2D eigenvalue weighted by atomic mass is 9.89. The van der Waals surface area contributed by atoms with Crippen molar-refractivity contribution in [2.75, 3.05) is 11.0 Å². The standard InChI is InChI=1S/C20H23F2N3O4S/c1-20(2)10-17(14-9-13(21)5-7-18(14)29-20)24-19(26)23-11-12-4-6-16(15(22)8-12)25-30(3,27)28/h4-9,17,25H,10-11H2,1-3H3,(H2,23,24,26)/t17-/m0/s1. The topological polar surface area (TPSA) is 96.5 Å². The number of ether oxygens (including phenoxy) is 1. The first-order valence-corrected chi connectivity index (χ1v) is 11.1. The average Bonchev–Trinajstić information content (AvgIpc) is 2.61. The molecule has 0 saturated heterocycles. The number of benzene rings is 2. The van der Waals surface area contributed by atoms with Gasteiger partial charge in [0.05, 0.1) is 18.0 Å². The molecule has 1 atom stereocenters. The summed E-state index contributed by atoms with van der Waals surface area (Å²) in [6.07, 6.45) is 1.37. The fourth-order valence-corrected chi connectivity index (χ4v) is 3.86. The molecule has 0 bridgehead atoms. The predicted molar refractivity (Wildman–Crippen MR) is 109 cm³/mol. The van der Waals surface area contributed by atoms with Crippen molar-refractivity contribution in [2.24, 2.45) is 0 Å². The van der Waals surface area contributed by atoms with Gasteiger partial charge in [-0.05, 0) is 49.7 Å². The van der Waals surface area contributed by atoms with Gasteiger partial charge in [-0.2, -0.15) is 0 Å². The van der Waals surface area contributed by atoms with Crippen LogP contribution in [0, 0.1) is 11.6 Å². The maximum absolute atomic E-state index is 14.1. The summed E-state index contributed by atoms with van der Waals surface area (Å²) >= 11 is 0. The Morgan fingerprint density at radius 3 is 2.60 bits per heavy atom. The van der Waals surface area contributed by atoms with Crippen LogP contribution in [0.25, 0.3) is 0 Å². The number of carbonyl (C=O) groups is 1. The van der Waals surface area contributed by atoms with E-state index in [1.807, 2.05) is 13.8 Å². The fourth-order valence-electron chi connectivity index (χ4n) is 3.30. The van der Waals surface area contributed by atoms with Crippen LogP contribution in [0.4, 0.5) is 19.3 Å². The normalized spacial score (nSPS) is 17.4. The summed E-state index contributed by atoms with van der Waals surface area (Å²) in [5, 5.41) is 5.43. The van der Waals surface area contributed by atoms with Gasteiger partial charge in [0, 0.05) is 18.5 Å². The first kappa shape index (κ1) is 21.8. The SMILES string of the molecule is CC1(C)C[C@H](NC(=O)NCc2ccc(NS(C)(=O)=O)c(F)c2)c2cc(F)ccc2O1. The van der Waals surface area contributed by atoms with E-state index in [0.29, 0.717) is 23.3 Å². The van der Waals surface area contributed by atoms with E-state index in [-0.39, 0.29) is 12.2 Å². The molecule has 0 fully saturated rings. The van der Waals surface area contributed by atoms with Gasteiger partial charge in [-0.1, -0.05) is 6.07 Å². The smallest absolute Gasteiger partial charge is 0.315 e. The van der Waals surface area contributed by atoms with Crippen molar-refractivity contribution in [3.05, 3.63) is 59.2 Å². The van der Waals surface area contributed by atoms with Gasteiger partial charge in [0.2, 0.25) is 10.0 Å². The quantitative estimate of drug-likeness (QED) is 0.665. The van der Waals surface area contributed by atoms with Crippen LogP contribution in [0.3, 0.4) is 0 Å². The average molecular weight is 439 g/mol. The van der Waals surface area contributed by atoms with Gasteiger partial charge in [-0.25, -0.2) is 22.0 Å². The summed E-state index contributed by atoms with van der Waals surface area (Å²) in [5.74, 6) is -0.674. The van der Waals surface area contributed by atoms with Gasteiger partial charge in [-0.15, -0.1) is 0 Å². The third-order valence-corrected chi connectivity index (χ3v) is 5.11. The van der Waals surface area contributed by atoms with Crippen LogP contribution >= 0.6 is 0 Å². The minimum atomic E-state index is -3.60. The summed E-state index contributed by atoms with van der Waals surface area (Å²) in [7, 11) is -3.60. The summed E-state index contributed by atoms with van der Waals surface area (Å²) in [4.78, 5) is 12.4. The molecule has 0 spiro atoms. The maximum atomic E-state index is 14.1. The first-order chi connectivity index (χ1) is 13.9. The second-order valence-electron chi connectivity index (χ2n) is 7.82. The number of nitrogens with one attached hydrogen (secondary N) is 3. The molecule has 2 aromatic rings. The predicted octanol–water partition coefficient (Wildman–Crippen LogP) is 3.44. The highest BCUT2D eigenvalue weighted by atomic mass is 32.2. The van der Waals surface area contributed by atoms with E-state index in [1.165, 1.54) is 30.3 Å². The molecule has 1 heterocycles. The Hall–Kier alpha value is -2.88. The molecule has 1 aliphatic rings. The van der Waals surface area contributed by atoms with Crippen molar-refractivity contribution < 1.29 is 26.7 Å². The molecule has 3 N–H and O–H groups in total. The Morgan fingerprint density at radius 2 is 1.93 bits per heavy atom. The summed E-state index contributed by atoms with van der Waals surface area (Å²) < 4.78 is 58.1. The Kier molecular flexibility index (Phi) is 5.89. The van der Waals surface area contributed by atoms with Gasteiger partial charge in [-0.3, -0.25) is 4.72 Å². The van der Waals surface area contributed by atoms with Crippen LogP contribution in [-0.2, 0) is 16.6 Å². The molecule has 30 heavy (non-hydrogen) atoms. The van der Waals surface area contributed by atoms with E-state index >= 15 is 0 Å². The lowest BCUT2D eigenvalue weighted by Crippen LogP contribution is -2.44. The van der Waals surface area contributed by atoms with Crippen molar-refractivity contribution in [1.29, 1.82) is 0 Å². The Balaban J connectivity index is 1.65. The van der Waals surface area contributed by atoms with E-state index in [0.717, 1.165) is 12.3 Å². The number of sulfonamides is 1. The van der Waals surface area contributed by atoms with Crippen LogP contribution < -0.4 is 20.1 Å². The third kappa shape index (κ3) is 5.59. The molecule has 7 nitrogen and oxygen atoms in total. The number of hydrogen-bond donors (Lipinski definition) is 3. The first-order valence-electron chi connectivity index (χ1n) is 9.21. The molecule has 0 radical (unpaired) electrons. The largest absolute Gasteiger partial charge is 0.487 e. The van der Waals surface area contributed by atoms with Gasteiger partial charge in [0.15, 0.2) is 0 Å². The monoisotopic (exact) mass is 439 g/mol. The summed E-state index contributed by atoms with van der Waals surface area (Å²) in [6.45, 7) is 3.77. The number of anilines is 1. The molecule has 0 saturated carbocycles. The minimum Gasteiger partial charge on any atom is -0.487 e. The number of rotatable bonds is 5. The van der Waals surface area contributed by atoms with Crippen molar-refractivity contribution in [2.45, 2.75) is 38.5 Å². The van der Waals surface area contributed by atoms with E-state index in [2.05, 4.69) is 15.4 Å². The van der Waals surface area contributed by atoms with Crippen molar-refractivity contribution >= 4 is 21.7 Å². The molecule has 0 unspecified atom stereocenters. The maximum Gasteiger partial charge on any atom is 0.315 e. The van der Waals surface area contributed by atoms with Gasteiger partial charge < -0.3 is 15.4 Å². The number of amides is 2. The number of hydrogen-bond acceptors (Lipinski definition) is 4. The molecule has 0 aromatic heterocycles. The summed E-state index contributed by atoms with van der Waals surface area (Å²) in [5.41, 5.74) is 0.273. The molecule has 1 aliphatic heterocycles. The van der Waals surface area contributed by atoms with E-state index < -0.39 is 39.3 Å². The molecule has 3 rings (SSSR count). The number of fused-ring (bicyclic) bond motifs is 1. The molecule has 0 aliphatic carbocycles. The highest BCUT2D eigenvalue weighted by molar-refractivity contribution is 7.92. The third-order valence-electron chi connectivity index (χ3n) is 4.52. The lowest BCUT2D eigenvalue weighted by Gasteiger charge is -2.37. The second kappa shape index (κ2) is 8.10. The fraction of sp³-hybridized carbons (Fsp3) is 0.350. The molecule has 10 heteroatoms. The Morgan fingerprint density at radius 1 is 1.20 bits per heavy atom. The highest BCUT2D eigenvalue weighted by Crippen LogP contribution is 2.39. The summed E-state index contributed by atoms with van der Waals surface area (Å²) in [6, 6.07) is 7.12. The zero-order chi connectivity index (χ0) is 22.1. The molecular weight excluding hydrogens is 416 g/mol. The second-order valence-corrected chi connectivity index (χ2v) is 9.56. The zero-order valence-electron chi connectivity index (χ0n) is 16.8. The highest BCUT2D eigenvalue weighted by Gasteiger charge is 2.34. The van der Waals surface area contributed by atoms with Crippen LogP contribution in [0.15, 0.2) is 36.4 Å². The van der Waals surface area contributed by atoms with E-state index in [4.69, 9.17) is 4.74 Å². The van der Waals surface area contributed by atoms with Crippen molar-refractivity contribution in [3.8, 4) is 5.75 Å². The Labute approximate surface area is 173 Å². The zero-order valence-corrected chi connectivity index (χ0v) is 17.6. The van der Waals surface area contributed by atoms with E-state index in [1.54, 1.807) is 0 Å². The molecule has 162 valence electrons. The van der Waals surface area contributed by atoms with Crippen LogP contribution in [0.1, 0.15) is 37.4 Å². The van der Waals surface area contributed by atoms with Gasteiger partial charge >= 0.3 is 6.03 Å². The van der Waals surface area contributed by atoms with Crippen LogP contribution in [-0.4, -0.2) is 26.3 Å². The van der Waals surface area contributed by atoms with Gasteiger partial charge in [0.1, 0.15) is 23.0 Å². The number of carbonyl (C=O) groups excluding carboxylic acids is 1. The lowest BCUT2D eigenvalue weighted by molar-refractivity contribution is 0.0676. The van der Waals surface area contributed by atoms with Crippen molar-refractivity contribution in [3.63, 3.8) is 0 Å². The Bertz CT molecular complexity index is 1070. The molecule has 2 amide bonds. The minimum absolute atomic E-state index is 0.0184. The molecule has 2 aromatic carbocycles. The van der Waals surface area contributed by atoms with Crippen LogP contribution in [0.2, 0.25) is 0 Å². The van der Waals surface area contributed by atoms with Crippen molar-refractivity contribution in [1.82, 2.24) is 10.6 Å². The number of urea groups is 1. The van der Waals surface area contributed by atoms with Gasteiger partial charge in [0.25, 0.3) is 0 Å². The molecular formula is C20H23F2N3O4S. The van der Waals surface area contributed by atoms with E-state index in [9.17, 15) is 22.0 Å².